The molecule has 3 aromatic rings. The molecule has 1 aliphatic heterocycles. The summed E-state index contributed by atoms with van der Waals surface area (Å²) in [6, 6.07) is 12.0. The first-order chi connectivity index (χ1) is 11.5. The fourth-order valence-electron chi connectivity index (χ4n) is 2.61. The van der Waals surface area contributed by atoms with E-state index >= 15 is 0 Å². The Balaban J connectivity index is 0.00000182. The van der Waals surface area contributed by atoms with E-state index in [1.54, 1.807) is 24.3 Å². The van der Waals surface area contributed by atoms with Crippen LogP contribution < -0.4 is 28.3 Å². The maximum absolute atomic E-state index is 13.0. The third-order valence-corrected chi connectivity index (χ3v) is 6.17. The van der Waals surface area contributed by atoms with E-state index < -0.39 is 21.1 Å². The number of fused-ring (bicyclic) bond motifs is 2. The van der Waals surface area contributed by atoms with E-state index in [0.29, 0.717) is 16.9 Å². The summed E-state index contributed by atoms with van der Waals surface area (Å²) in [7, 11) is -4.09. The largest absolute Gasteiger partial charge is 1.00 e. The van der Waals surface area contributed by atoms with Crippen molar-refractivity contribution in [3.8, 4) is 11.5 Å². The maximum atomic E-state index is 13.0. The van der Waals surface area contributed by atoms with Gasteiger partial charge in [0.1, 0.15) is 5.03 Å². The number of hydrogen-bond donors (Lipinski definition) is 0. The first-order valence-electron chi connectivity index (χ1n) is 6.83. The van der Waals surface area contributed by atoms with E-state index in [2.05, 4.69) is 0 Å². The van der Waals surface area contributed by atoms with Crippen molar-refractivity contribution in [1.29, 1.82) is 0 Å². The minimum atomic E-state index is -4.09. The Morgan fingerprint density at radius 1 is 1.04 bits per heavy atom. The third-order valence-electron chi connectivity index (χ3n) is 3.67. The summed E-state index contributed by atoms with van der Waals surface area (Å²) >= 11 is -2.74. The van der Waals surface area contributed by atoms with Gasteiger partial charge in [0.05, 0.1) is 10.4 Å². The van der Waals surface area contributed by atoms with Crippen LogP contribution in [0.4, 0.5) is 0 Å². The molecule has 2 aromatic carbocycles. The molecule has 0 saturated heterocycles. The SMILES string of the molecule is O=S([O-])c1cc2cc3c(cc2n1S(=O)(=O)c1ccccc1)OCO3.[Li+]. The summed E-state index contributed by atoms with van der Waals surface area (Å²) in [5, 5.41) is 0.0792. The van der Waals surface area contributed by atoms with Crippen LogP contribution in [0.15, 0.2) is 58.5 Å². The Kier molecular flexibility index (Phi) is 4.70. The van der Waals surface area contributed by atoms with Gasteiger partial charge in [-0.25, -0.2) is 12.4 Å². The molecule has 0 amide bonds. The van der Waals surface area contributed by atoms with Gasteiger partial charge in [0.25, 0.3) is 10.0 Å². The minimum Gasteiger partial charge on any atom is -0.767 e. The summed E-state index contributed by atoms with van der Waals surface area (Å²) in [5.74, 6) is 0.813. The second kappa shape index (κ2) is 6.51. The van der Waals surface area contributed by atoms with Crippen molar-refractivity contribution < 1.29 is 45.5 Å². The van der Waals surface area contributed by atoms with Crippen LogP contribution in [0.3, 0.4) is 0 Å². The van der Waals surface area contributed by atoms with E-state index in [-0.39, 0.29) is 41.1 Å². The molecule has 0 N–H and O–H groups in total. The van der Waals surface area contributed by atoms with Gasteiger partial charge in [0.15, 0.2) is 11.5 Å². The number of hydrogen-bond acceptors (Lipinski definition) is 6. The standard InChI is InChI=1S/C15H11NO6S2.Li/c17-23(18)15-7-10-6-13-14(22-9-21-13)8-12(10)16(15)24(19,20)11-4-2-1-3-5-11;/h1-8H,9H2,(H,17,18);/q;+1/p-1. The zero-order chi connectivity index (χ0) is 16.9. The van der Waals surface area contributed by atoms with Crippen LogP contribution in [0.25, 0.3) is 10.9 Å². The van der Waals surface area contributed by atoms with Crippen LogP contribution in [0, 0.1) is 0 Å². The maximum Gasteiger partial charge on any atom is 1.00 e. The molecule has 7 nitrogen and oxygen atoms in total. The van der Waals surface area contributed by atoms with Crippen LogP contribution in [-0.4, -0.2) is 27.9 Å². The normalized spacial score (nSPS) is 14.3. The van der Waals surface area contributed by atoms with Gasteiger partial charge in [0.2, 0.25) is 6.79 Å². The Bertz CT molecular complexity index is 1080. The van der Waals surface area contributed by atoms with E-state index in [1.165, 1.54) is 24.3 Å². The van der Waals surface area contributed by atoms with Gasteiger partial charge in [-0.2, -0.15) is 0 Å². The summed E-state index contributed by atoms with van der Waals surface area (Å²) in [6.45, 7) is 0.0354. The molecule has 25 heavy (non-hydrogen) atoms. The fourth-order valence-corrected chi connectivity index (χ4v) is 4.96. The average Bonchev–Trinajstić information content (AvgIpc) is 3.16. The van der Waals surface area contributed by atoms with E-state index in [9.17, 15) is 17.2 Å². The second-order valence-electron chi connectivity index (χ2n) is 5.06. The molecule has 2 heterocycles. The van der Waals surface area contributed by atoms with Gasteiger partial charge >= 0.3 is 18.9 Å². The first-order valence-corrected chi connectivity index (χ1v) is 9.35. The zero-order valence-electron chi connectivity index (χ0n) is 13.0. The molecule has 10 heteroatoms. The quantitative estimate of drug-likeness (QED) is 0.426. The Morgan fingerprint density at radius 3 is 2.32 bits per heavy atom. The molecule has 4 rings (SSSR count). The monoisotopic (exact) mass is 371 g/mol. The van der Waals surface area contributed by atoms with Crippen molar-refractivity contribution in [3.05, 3.63) is 48.5 Å². The molecule has 0 fully saturated rings. The summed E-state index contributed by atoms with van der Waals surface area (Å²) in [5.41, 5.74) is 0.210. The topological polar surface area (TPSA) is 97.7 Å². The summed E-state index contributed by atoms with van der Waals surface area (Å²) in [4.78, 5) is -0.00753. The molecule has 1 aromatic heterocycles. The molecule has 0 saturated carbocycles. The van der Waals surface area contributed by atoms with Crippen molar-refractivity contribution in [2.24, 2.45) is 0 Å². The molecular weight excluding hydrogens is 361 g/mol. The molecule has 0 spiro atoms. The van der Waals surface area contributed by atoms with Crippen LogP contribution in [0.2, 0.25) is 0 Å². The number of nitrogens with zero attached hydrogens (tertiary/aromatic N) is 1. The van der Waals surface area contributed by atoms with Gasteiger partial charge in [-0.1, -0.05) is 18.2 Å². The van der Waals surface area contributed by atoms with E-state index in [4.69, 9.17) is 9.47 Å². The predicted octanol–water partition coefficient (Wildman–Crippen LogP) is -1.15. The van der Waals surface area contributed by atoms with Crippen LogP contribution in [0.1, 0.15) is 0 Å². The first kappa shape index (κ1) is 18.0. The van der Waals surface area contributed by atoms with Gasteiger partial charge in [-0.15, -0.1) is 0 Å². The minimum absolute atomic E-state index is 0. The van der Waals surface area contributed by atoms with Gasteiger partial charge in [-0.3, -0.25) is 4.21 Å². The third kappa shape index (κ3) is 2.88. The molecule has 0 aliphatic carbocycles. The fraction of sp³-hybridized carbons (Fsp3) is 0.0667. The van der Waals surface area contributed by atoms with Crippen molar-refractivity contribution in [1.82, 2.24) is 3.97 Å². The van der Waals surface area contributed by atoms with Crippen LogP contribution in [0.5, 0.6) is 11.5 Å². The summed E-state index contributed by atoms with van der Waals surface area (Å²) < 4.78 is 60.4. The van der Waals surface area contributed by atoms with Crippen LogP contribution in [-0.2, 0) is 21.1 Å². The Labute approximate surface area is 158 Å². The molecule has 124 valence electrons. The zero-order valence-corrected chi connectivity index (χ0v) is 14.7. The van der Waals surface area contributed by atoms with Crippen molar-refractivity contribution >= 4 is 32.0 Å². The van der Waals surface area contributed by atoms with Crippen LogP contribution >= 0.6 is 0 Å². The van der Waals surface area contributed by atoms with E-state index in [0.717, 1.165) is 3.97 Å². The van der Waals surface area contributed by atoms with Gasteiger partial charge in [-0.05, 0) is 35.3 Å². The smallest absolute Gasteiger partial charge is 0.767 e. The Hall–Kier alpha value is -1.76. The number of benzene rings is 2. The molecule has 0 radical (unpaired) electrons. The molecule has 0 bridgehead atoms. The van der Waals surface area contributed by atoms with Crippen molar-refractivity contribution in [2.75, 3.05) is 6.79 Å². The second-order valence-corrected chi connectivity index (χ2v) is 7.74. The average molecular weight is 371 g/mol. The molecule has 1 atom stereocenters. The van der Waals surface area contributed by atoms with Crippen molar-refractivity contribution in [3.63, 3.8) is 0 Å². The van der Waals surface area contributed by atoms with Crippen molar-refractivity contribution in [2.45, 2.75) is 9.92 Å². The molecular formula is C15H10LiNO6S2. The molecule has 1 aliphatic rings. The summed E-state index contributed by atoms with van der Waals surface area (Å²) in [6.07, 6.45) is 0. The number of rotatable bonds is 3. The Morgan fingerprint density at radius 2 is 1.68 bits per heavy atom. The number of ether oxygens (including phenoxy) is 2. The van der Waals surface area contributed by atoms with Gasteiger partial charge < -0.3 is 14.0 Å². The predicted molar refractivity (Wildman–Crippen MR) is 84.3 cm³/mol. The molecule has 1 unspecified atom stereocenters. The number of aromatic nitrogens is 1. The van der Waals surface area contributed by atoms with Gasteiger partial charge in [0, 0.05) is 11.5 Å². The van der Waals surface area contributed by atoms with E-state index in [1.807, 2.05) is 0 Å².